The van der Waals surface area contributed by atoms with E-state index in [0.29, 0.717) is 31.0 Å². The zero-order valence-corrected chi connectivity index (χ0v) is 36.2. The molecule has 306 valence electrons. The summed E-state index contributed by atoms with van der Waals surface area (Å²) in [5, 5.41) is 4.44. The summed E-state index contributed by atoms with van der Waals surface area (Å²) in [6, 6.07) is 0. The number of hydroxylamine groups is 4. The molecule has 0 atom stereocenters. The van der Waals surface area contributed by atoms with Gasteiger partial charge in [-0.25, -0.2) is 0 Å². The molecule has 0 saturated carbocycles. The normalized spacial score (nSPS) is 20.7. The summed E-state index contributed by atoms with van der Waals surface area (Å²) in [4.78, 5) is 38.5. The van der Waals surface area contributed by atoms with E-state index < -0.39 is 0 Å². The summed E-state index contributed by atoms with van der Waals surface area (Å²) < 4.78 is 6.03. The second kappa shape index (κ2) is 23.8. The molecule has 0 amide bonds. The fourth-order valence-corrected chi connectivity index (χ4v) is 9.61. The van der Waals surface area contributed by atoms with Gasteiger partial charge in [-0.1, -0.05) is 104 Å². The highest BCUT2D eigenvalue weighted by Gasteiger charge is 2.48. The molecule has 0 radical (unpaired) electrons. The number of hydrogen-bond donors (Lipinski definition) is 0. The van der Waals surface area contributed by atoms with E-state index in [0.717, 1.165) is 90.3 Å². The molecular weight excluding hydrogens is 649 g/mol. The standard InChI is InChI=1S/C45H86N2O5/c1-11-13-15-17-23-27-31-50-46-42(3,4)34-38(35-43(46,5)6)33-39(48)29-25-21-19-20-22-26-30-41(49)52-40-36-44(7,8)47(45(9,10)37-40)51-32-28-24-18-16-14-12-2/h38,40H,11-37H2,1-10H3. The smallest absolute Gasteiger partial charge is 0.306 e. The Morgan fingerprint density at radius 1 is 0.500 bits per heavy atom. The maximum Gasteiger partial charge on any atom is 0.306 e. The third-order valence-electron chi connectivity index (χ3n) is 11.6. The zero-order valence-electron chi connectivity index (χ0n) is 36.2. The molecule has 52 heavy (non-hydrogen) atoms. The maximum absolute atomic E-state index is 13.0. The van der Waals surface area contributed by atoms with Crippen LogP contribution in [0.4, 0.5) is 0 Å². The maximum atomic E-state index is 13.0. The van der Waals surface area contributed by atoms with Crippen LogP contribution in [0.25, 0.3) is 0 Å². The molecule has 2 saturated heterocycles. The summed E-state index contributed by atoms with van der Waals surface area (Å²) in [5.41, 5.74) is -0.535. The van der Waals surface area contributed by atoms with Crippen LogP contribution in [0.2, 0.25) is 0 Å². The minimum atomic E-state index is -0.192. The van der Waals surface area contributed by atoms with Gasteiger partial charge >= 0.3 is 5.97 Å². The van der Waals surface area contributed by atoms with Crippen LogP contribution < -0.4 is 0 Å². The van der Waals surface area contributed by atoms with Gasteiger partial charge in [0.2, 0.25) is 0 Å². The summed E-state index contributed by atoms with van der Waals surface area (Å²) in [6.07, 6.45) is 26.7. The van der Waals surface area contributed by atoms with Crippen molar-refractivity contribution in [3.63, 3.8) is 0 Å². The first-order chi connectivity index (χ1) is 24.5. The minimum Gasteiger partial charge on any atom is -0.462 e. The highest BCUT2D eigenvalue weighted by molar-refractivity contribution is 5.78. The molecule has 0 aromatic heterocycles. The Kier molecular flexibility index (Phi) is 21.6. The SMILES string of the molecule is CCCCCCCCON1C(C)(C)CC(CC(=O)CCCCCCCCC(=O)OC2CC(C)(C)N(OCCCCCCCC)C(C)(C)C2)CC1(C)C. The van der Waals surface area contributed by atoms with Crippen molar-refractivity contribution in [3.8, 4) is 0 Å². The molecule has 0 aromatic rings. The molecule has 2 rings (SSSR count). The molecule has 2 aliphatic heterocycles. The van der Waals surface area contributed by atoms with Crippen molar-refractivity contribution in [2.24, 2.45) is 5.92 Å². The monoisotopic (exact) mass is 735 g/mol. The van der Waals surface area contributed by atoms with Gasteiger partial charge in [-0.3, -0.25) is 19.3 Å². The van der Waals surface area contributed by atoms with Gasteiger partial charge in [0.15, 0.2) is 0 Å². The van der Waals surface area contributed by atoms with Gasteiger partial charge in [-0.05, 0) is 99.8 Å². The third kappa shape index (κ3) is 17.6. The number of carbonyl (C=O) groups is 2. The molecule has 0 aromatic carbocycles. The van der Waals surface area contributed by atoms with Crippen molar-refractivity contribution in [2.75, 3.05) is 13.2 Å². The summed E-state index contributed by atoms with van der Waals surface area (Å²) in [6.45, 7) is 24.0. The lowest BCUT2D eigenvalue weighted by atomic mass is 9.73. The summed E-state index contributed by atoms with van der Waals surface area (Å²) in [7, 11) is 0. The van der Waals surface area contributed by atoms with E-state index in [-0.39, 0.29) is 34.2 Å². The van der Waals surface area contributed by atoms with Gasteiger partial charge in [0.05, 0.1) is 13.2 Å². The molecule has 7 nitrogen and oxygen atoms in total. The molecule has 0 bridgehead atoms. The quantitative estimate of drug-likeness (QED) is 0.0585. The van der Waals surface area contributed by atoms with Crippen molar-refractivity contribution in [2.45, 2.75) is 258 Å². The van der Waals surface area contributed by atoms with E-state index in [2.05, 4.69) is 79.4 Å². The Labute approximate surface area is 322 Å². The average molecular weight is 735 g/mol. The minimum absolute atomic E-state index is 0.0646. The predicted octanol–water partition coefficient (Wildman–Crippen LogP) is 12.5. The largest absolute Gasteiger partial charge is 0.462 e. The highest BCUT2D eigenvalue weighted by Crippen LogP contribution is 2.43. The number of piperidine rings is 2. The van der Waals surface area contributed by atoms with Gasteiger partial charge in [0.1, 0.15) is 11.9 Å². The van der Waals surface area contributed by atoms with Gasteiger partial charge in [-0.15, -0.1) is 0 Å². The molecule has 0 unspecified atom stereocenters. The molecular formula is C45H86N2O5. The fourth-order valence-electron chi connectivity index (χ4n) is 9.61. The first-order valence-electron chi connectivity index (χ1n) is 22.1. The number of nitrogens with zero attached hydrogens (tertiary/aromatic N) is 2. The molecule has 2 fully saturated rings. The number of hydrogen-bond acceptors (Lipinski definition) is 7. The van der Waals surface area contributed by atoms with Crippen molar-refractivity contribution >= 4 is 11.8 Å². The van der Waals surface area contributed by atoms with E-state index in [9.17, 15) is 9.59 Å². The molecule has 7 heteroatoms. The first kappa shape index (κ1) is 47.1. The second-order valence-electron chi connectivity index (χ2n) is 19.2. The summed E-state index contributed by atoms with van der Waals surface area (Å²) in [5.74, 6) is 0.770. The molecule has 2 aliphatic rings. The zero-order chi connectivity index (χ0) is 38.7. The Bertz CT molecular complexity index is 878. The van der Waals surface area contributed by atoms with Crippen molar-refractivity contribution in [1.29, 1.82) is 0 Å². The molecule has 0 N–H and O–H groups in total. The lowest BCUT2D eigenvalue weighted by Gasteiger charge is -2.54. The van der Waals surface area contributed by atoms with Crippen LogP contribution in [0.15, 0.2) is 0 Å². The van der Waals surface area contributed by atoms with E-state index >= 15 is 0 Å². The molecule has 0 aliphatic carbocycles. The number of unbranched alkanes of at least 4 members (excludes halogenated alkanes) is 15. The molecule has 0 spiro atoms. The topological polar surface area (TPSA) is 68.3 Å². The van der Waals surface area contributed by atoms with E-state index in [1.807, 2.05) is 0 Å². The van der Waals surface area contributed by atoms with E-state index in [1.165, 1.54) is 64.2 Å². The van der Waals surface area contributed by atoms with Gasteiger partial charge in [0, 0.05) is 54.3 Å². The van der Waals surface area contributed by atoms with Crippen LogP contribution in [-0.2, 0) is 24.0 Å². The van der Waals surface area contributed by atoms with Crippen molar-refractivity contribution in [3.05, 3.63) is 0 Å². The number of ether oxygens (including phenoxy) is 1. The van der Waals surface area contributed by atoms with Crippen LogP contribution in [-0.4, -0.2) is 63.4 Å². The Morgan fingerprint density at radius 2 is 0.865 bits per heavy atom. The fraction of sp³-hybridized carbons (Fsp3) is 0.956. The van der Waals surface area contributed by atoms with Gasteiger partial charge in [0.25, 0.3) is 0 Å². The van der Waals surface area contributed by atoms with Crippen molar-refractivity contribution < 1.29 is 24.0 Å². The van der Waals surface area contributed by atoms with Crippen LogP contribution in [0, 0.1) is 5.92 Å². The number of Topliss-reactive ketones (excluding diaryl/α,β-unsaturated/α-hetero) is 1. The van der Waals surface area contributed by atoms with Crippen LogP contribution in [0.1, 0.15) is 230 Å². The third-order valence-corrected chi connectivity index (χ3v) is 11.6. The summed E-state index contributed by atoms with van der Waals surface area (Å²) >= 11 is 0. The van der Waals surface area contributed by atoms with Gasteiger partial charge in [-0.2, -0.15) is 10.1 Å². The van der Waals surface area contributed by atoms with Crippen molar-refractivity contribution in [1.82, 2.24) is 10.1 Å². The number of ketones is 1. The lowest BCUT2D eigenvalue weighted by molar-refractivity contribution is -0.293. The Morgan fingerprint density at radius 3 is 1.31 bits per heavy atom. The number of esters is 1. The van der Waals surface area contributed by atoms with Crippen LogP contribution in [0.5, 0.6) is 0 Å². The predicted molar refractivity (Wildman–Crippen MR) is 217 cm³/mol. The van der Waals surface area contributed by atoms with E-state index in [4.69, 9.17) is 14.4 Å². The highest BCUT2D eigenvalue weighted by atomic mass is 16.7. The van der Waals surface area contributed by atoms with Crippen LogP contribution >= 0.6 is 0 Å². The van der Waals surface area contributed by atoms with Crippen LogP contribution in [0.3, 0.4) is 0 Å². The first-order valence-corrected chi connectivity index (χ1v) is 22.1. The van der Waals surface area contributed by atoms with Gasteiger partial charge < -0.3 is 4.74 Å². The Hall–Kier alpha value is -1.02. The lowest BCUT2D eigenvalue weighted by Crippen LogP contribution is -2.62. The average Bonchev–Trinajstić information content (AvgIpc) is 3.02. The number of rotatable bonds is 28. The van der Waals surface area contributed by atoms with E-state index in [1.54, 1.807) is 0 Å². The number of carbonyl (C=O) groups excluding carboxylic acids is 2. The second-order valence-corrected chi connectivity index (χ2v) is 19.2. The Balaban J connectivity index is 1.57. The molecule has 2 heterocycles.